The van der Waals surface area contributed by atoms with Crippen LogP contribution in [0.3, 0.4) is 0 Å². The van der Waals surface area contributed by atoms with E-state index in [1.807, 2.05) is 19.1 Å². The third-order valence-corrected chi connectivity index (χ3v) is 3.27. The summed E-state index contributed by atoms with van der Waals surface area (Å²) in [5.41, 5.74) is 7.34. The second-order valence-corrected chi connectivity index (χ2v) is 5.03. The van der Waals surface area contributed by atoms with Crippen molar-refractivity contribution in [2.24, 2.45) is 0 Å². The molecule has 0 aromatic heterocycles. The molecule has 0 unspecified atom stereocenters. The highest BCUT2D eigenvalue weighted by atomic mass is 79.9. The normalized spacial score (nSPS) is 10.3. The minimum absolute atomic E-state index is 0.103. The summed E-state index contributed by atoms with van der Waals surface area (Å²) in [4.78, 5) is 12.0. The summed E-state index contributed by atoms with van der Waals surface area (Å²) >= 11 is 3.32. The Hall–Kier alpha value is -1.88. The van der Waals surface area contributed by atoms with Crippen LogP contribution in [-0.4, -0.2) is 5.91 Å². The number of nitrogen functional groups attached to an aromatic ring is 1. The first-order chi connectivity index (χ1) is 8.97. The minimum Gasteiger partial charge on any atom is -0.399 e. The highest BCUT2D eigenvalue weighted by Crippen LogP contribution is 2.22. The third-order valence-electron chi connectivity index (χ3n) is 2.61. The lowest BCUT2D eigenvalue weighted by molar-refractivity contribution is 0.102. The van der Waals surface area contributed by atoms with Crippen LogP contribution in [0, 0.1) is 12.7 Å². The largest absolute Gasteiger partial charge is 0.399 e. The fourth-order valence-corrected chi connectivity index (χ4v) is 2.30. The molecule has 3 nitrogen and oxygen atoms in total. The van der Waals surface area contributed by atoms with E-state index in [-0.39, 0.29) is 11.6 Å². The molecule has 5 heteroatoms. The average Bonchev–Trinajstić information content (AvgIpc) is 2.32. The molecule has 19 heavy (non-hydrogen) atoms. The SMILES string of the molecule is Cc1ccc(C(=O)Nc2ccc(N)cc2F)c(Br)c1. The molecule has 0 heterocycles. The number of anilines is 2. The maximum atomic E-state index is 13.6. The van der Waals surface area contributed by atoms with E-state index in [1.165, 1.54) is 18.2 Å². The number of aryl methyl sites for hydroxylation is 1. The highest BCUT2D eigenvalue weighted by Gasteiger charge is 2.12. The summed E-state index contributed by atoms with van der Waals surface area (Å²) in [7, 11) is 0. The van der Waals surface area contributed by atoms with Gasteiger partial charge in [-0.15, -0.1) is 0 Å². The lowest BCUT2D eigenvalue weighted by atomic mass is 10.1. The zero-order valence-corrected chi connectivity index (χ0v) is 11.8. The number of rotatable bonds is 2. The topological polar surface area (TPSA) is 55.1 Å². The number of halogens is 2. The van der Waals surface area contributed by atoms with Crippen LogP contribution in [0.2, 0.25) is 0 Å². The van der Waals surface area contributed by atoms with Gasteiger partial charge in [0.2, 0.25) is 0 Å². The summed E-state index contributed by atoms with van der Waals surface area (Å²) in [6, 6.07) is 9.46. The molecule has 0 saturated carbocycles. The molecule has 0 atom stereocenters. The fourth-order valence-electron chi connectivity index (χ4n) is 1.63. The molecule has 0 aliphatic carbocycles. The molecular formula is C14H12BrFN2O. The lowest BCUT2D eigenvalue weighted by Gasteiger charge is -2.08. The van der Waals surface area contributed by atoms with Crippen molar-refractivity contribution < 1.29 is 9.18 Å². The number of carbonyl (C=O) groups excluding carboxylic acids is 1. The third kappa shape index (κ3) is 3.12. The molecule has 0 aliphatic heterocycles. The molecule has 0 fully saturated rings. The van der Waals surface area contributed by atoms with Gasteiger partial charge in [-0.25, -0.2) is 4.39 Å². The Bertz CT molecular complexity index is 643. The molecule has 3 N–H and O–H groups in total. The van der Waals surface area contributed by atoms with Crippen molar-refractivity contribution in [2.75, 3.05) is 11.1 Å². The van der Waals surface area contributed by atoms with Crippen molar-refractivity contribution in [3.8, 4) is 0 Å². The van der Waals surface area contributed by atoms with Crippen LogP contribution in [0.25, 0.3) is 0 Å². The van der Waals surface area contributed by atoms with Crippen LogP contribution in [0.5, 0.6) is 0 Å². The van der Waals surface area contributed by atoms with Crippen molar-refractivity contribution >= 4 is 33.2 Å². The molecule has 0 bridgehead atoms. The summed E-state index contributed by atoms with van der Waals surface area (Å²) in [5, 5.41) is 2.51. The van der Waals surface area contributed by atoms with Crippen molar-refractivity contribution in [2.45, 2.75) is 6.92 Å². The Morgan fingerprint density at radius 1 is 1.26 bits per heavy atom. The summed E-state index contributed by atoms with van der Waals surface area (Å²) in [5.74, 6) is -0.938. The molecule has 2 aromatic carbocycles. The van der Waals surface area contributed by atoms with Crippen LogP contribution in [0.15, 0.2) is 40.9 Å². The predicted octanol–water partition coefficient (Wildman–Crippen LogP) is 3.73. The number of carbonyl (C=O) groups is 1. The molecule has 0 aliphatic rings. The molecule has 0 saturated heterocycles. The summed E-state index contributed by atoms with van der Waals surface area (Å²) < 4.78 is 14.3. The number of nitrogens with one attached hydrogen (secondary N) is 1. The lowest BCUT2D eigenvalue weighted by Crippen LogP contribution is -2.13. The number of hydrogen-bond acceptors (Lipinski definition) is 2. The van der Waals surface area contributed by atoms with E-state index < -0.39 is 5.82 Å². The first kappa shape index (κ1) is 13.5. The van der Waals surface area contributed by atoms with Gasteiger partial charge in [0, 0.05) is 10.2 Å². The minimum atomic E-state index is -0.559. The fraction of sp³-hybridized carbons (Fsp3) is 0.0714. The van der Waals surface area contributed by atoms with Gasteiger partial charge in [-0.05, 0) is 58.7 Å². The monoisotopic (exact) mass is 322 g/mol. The molecule has 2 aromatic rings. The Morgan fingerprint density at radius 3 is 2.63 bits per heavy atom. The molecule has 98 valence electrons. The van der Waals surface area contributed by atoms with Crippen LogP contribution in [0.4, 0.5) is 15.8 Å². The van der Waals surface area contributed by atoms with Gasteiger partial charge >= 0.3 is 0 Å². The second-order valence-electron chi connectivity index (χ2n) is 4.18. The van der Waals surface area contributed by atoms with E-state index in [0.717, 1.165) is 5.56 Å². The van der Waals surface area contributed by atoms with E-state index in [0.29, 0.717) is 15.7 Å². The maximum Gasteiger partial charge on any atom is 0.256 e. The van der Waals surface area contributed by atoms with Gasteiger partial charge in [-0.3, -0.25) is 4.79 Å². The first-order valence-electron chi connectivity index (χ1n) is 5.60. The van der Waals surface area contributed by atoms with Crippen molar-refractivity contribution in [1.82, 2.24) is 0 Å². The molecule has 1 amide bonds. The van der Waals surface area contributed by atoms with Gasteiger partial charge < -0.3 is 11.1 Å². The number of nitrogens with two attached hydrogens (primary N) is 1. The Balaban J connectivity index is 2.25. The van der Waals surface area contributed by atoms with Crippen molar-refractivity contribution in [3.05, 3.63) is 57.8 Å². The average molecular weight is 323 g/mol. The quantitative estimate of drug-likeness (QED) is 0.828. The van der Waals surface area contributed by atoms with E-state index >= 15 is 0 Å². The van der Waals surface area contributed by atoms with Crippen LogP contribution in [0.1, 0.15) is 15.9 Å². The highest BCUT2D eigenvalue weighted by molar-refractivity contribution is 9.10. The van der Waals surface area contributed by atoms with E-state index in [9.17, 15) is 9.18 Å². The van der Waals surface area contributed by atoms with Crippen molar-refractivity contribution in [3.63, 3.8) is 0 Å². The maximum absolute atomic E-state index is 13.6. The molecule has 2 rings (SSSR count). The predicted molar refractivity (Wildman–Crippen MR) is 77.6 cm³/mol. The molecular weight excluding hydrogens is 311 g/mol. The number of amides is 1. The number of hydrogen-bond donors (Lipinski definition) is 2. The van der Waals surface area contributed by atoms with Gasteiger partial charge in [-0.2, -0.15) is 0 Å². The van der Waals surface area contributed by atoms with Gasteiger partial charge in [-0.1, -0.05) is 6.07 Å². The first-order valence-corrected chi connectivity index (χ1v) is 6.39. The zero-order valence-electron chi connectivity index (χ0n) is 10.2. The van der Waals surface area contributed by atoms with Crippen molar-refractivity contribution in [1.29, 1.82) is 0 Å². The second kappa shape index (κ2) is 5.40. The van der Waals surface area contributed by atoms with Crippen LogP contribution >= 0.6 is 15.9 Å². The van der Waals surface area contributed by atoms with Gasteiger partial charge in [0.25, 0.3) is 5.91 Å². The van der Waals surface area contributed by atoms with E-state index in [4.69, 9.17) is 5.73 Å². The van der Waals surface area contributed by atoms with Gasteiger partial charge in [0.05, 0.1) is 11.3 Å². The van der Waals surface area contributed by atoms with Gasteiger partial charge in [0.1, 0.15) is 5.82 Å². The Kier molecular flexibility index (Phi) is 3.85. The number of benzene rings is 2. The van der Waals surface area contributed by atoms with Gasteiger partial charge in [0.15, 0.2) is 0 Å². The van der Waals surface area contributed by atoms with E-state index in [1.54, 1.807) is 6.07 Å². The standard InChI is InChI=1S/C14H12BrFN2O/c1-8-2-4-10(11(15)6-8)14(19)18-13-5-3-9(17)7-12(13)16/h2-7H,17H2,1H3,(H,18,19). The zero-order chi connectivity index (χ0) is 14.0. The van der Waals surface area contributed by atoms with E-state index in [2.05, 4.69) is 21.2 Å². The van der Waals surface area contributed by atoms with Crippen LogP contribution < -0.4 is 11.1 Å². The molecule has 0 spiro atoms. The molecule has 0 radical (unpaired) electrons. The Morgan fingerprint density at radius 2 is 2.00 bits per heavy atom. The van der Waals surface area contributed by atoms with Crippen LogP contribution in [-0.2, 0) is 0 Å². The summed E-state index contributed by atoms with van der Waals surface area (Å²) in [6.07, 6.45) is 0. The Labute approximate surface area is 118 Å². The summed E-state index contributed by atoms with van der Waals surface area (Å²) in [6.45, 7) is 1.92. The smallest absolute Gasteiger partial charge is 0.256 e.